The summed E-state index contributed by atoms with van der Waals surface area (Å²) in [7, 11) is 1.87. The fourth-order valence-electron chi connectivity index (χ4n) is 2.07. The molecule has 0 aliphatic carbocycles. The first kappa shape index (κ1) is 13.9. The standard InChI is InChI=1S/C15H11Cl2N3O/c1-20-7-6-11-13(17)12(8-18-14(11)20)15(21)19-10-4-2-9(16)3-5-10/h2-8H,1H3,(H,19,21). The Hall–Kier alpha value is -2.04. The fraction of sp³-hybridized carbons (Fsp3) is 0.0667. The van der Waals surface area contributed by atoms with E-state index in [0.29, 0.717) is 21.3 Å². The average Bonchev–Trinajstić information content (AvgIpc) is 2.84. The van der Waals surface area contributed by atoms with Gasteiger partial charge in [0.2, 0.25) is 0 Å². The maximum atomic E-state index is 12.3. The van der Waals surface area contributed by atoms with E-state index in [1.165, 1.54) is 6.20 Å². The molecule has 0 spiro atoms. The van der Waals surface area contributed by atoms with Gasteiger partial charge in [0.15, 0.2) is 0 Å². The Morgan fingerprint density at radius 2 is 1.90 bits per heavy atom. The topological polar surface area (TPSA) is 46.9 Å². The first-order valence-electron chi connectivity index (χ1n) is 6.22. The zero-order chi connectivity index (χ0) is 15.0. The van der Waals surface area contributed by atoms with Crippen LogP contribution >= 0.6 is 23.2 Å². The van der Waals surface area contributed by atoms with Gasteiger partial charge in [0.05, 0.1) is 10.6 Å². The molecule has 6 heteroatoms. The van der Waals surface area contributed by atoms with Crippen molar-refractivity contribution in [3.8, 4) is 0 Å². The smallest absolute Gasteiger partial charge is 0.258 e. The predicted molar refractivity (Wildman–Crippen MR) is 85.1 cm³/mol. The van der Waals surface area contributed by atoms with Gasteiger partial charge < -0.3 is 9.88 Å². The van der Waals surface area contributed by atoms with Crippen LogP contribution in [0.15, 0.2) is 42.7 Å². The minimum absolute atomic E-state index is 0.305. The van der Waals surface area contributed by atoms with Crippen molar-refractivity contribution < 1.29 is 4.79 Å². The van der Waals surface area contributed by atoms with E-state index in [4.69, 9.17) is 23.2 Å². The van der Waals surface area contributed by atoms with Gasteiger partial charge in [-0.3, -0.25) is 4.79 Å². The van der Waals surface area contributed by atoms with Crippen molar-refractivity contribution in [1.82, 2.24) is 9.55 Å². The molecule has 3 rings (SSSR count). The van der Waals surface area contributed by atoms with E-state index in [9.17, 15) is 4.79 Å². The summed E-state index contributed by atoms with van der Waals surface area (Å²) in [4.78, 5) is 16.6. The number of carbonyl (C=O) groups is 1. The van der Waals surface area contributed by atoms with E-state index in [1.54, 1.807) is 24.3 Å². The van der Waals surface area contributed by atoms with Crippen LogP contribution in [0.2, 0.25) is 10.0 Å². The second kappa shape index (κ2) is 5.39. The number of halogens is 2. The molecule has 0 saturated carbocycles. The van der Waals surface area contributed by atoms with Gasteiger partial charge in [0, 0.05) is 35.5 Å². The summed E-state index contributed by atoms with van der Waals surface area (Å²) in [6.45, 7) is 0. The second-order valence-electron chi connectivity index (χ2n) is 4.61. The third-order valence-electron chi connectivity index (χ3n) is 3.18. The molecule has 0 aliphatic rings. The largest absolute Gasteiger partial charge is 0.336 e. The number of hydrogen-bond donors (Lipinski definition) is 1. The summed E-state index contributed by atoms with van der Waals surface area (Å²) < 4.78 is 1.85. The van der Waals surface area contributed by atoms with Crippen molar-refractivity contribution in [1.29, 1.82) is 0 Å². The number of hydrogen-bond acceptors (Lipinski definition) is 2. The van der Waals surface area contributed by atoms with Crippen molar-refractivity contribution in [2.24, 2.45) is 7.05 Å². The van der Waals surface area contributed by atoms with Crippen LogP contribution in [0.1, 0.15) is 10.4 Å². The molecule has 4 nitrogen and oxygen atoms in total. The predicted octanol–water partition coefficient (Wildman–Crippen LogP) is 4.13. The van der Waals surface area contributed by atoms with Crippen molar-refractivity contribution >= 4 is 45.8 Å². The number of carbonyl (C=O) groups excluding carboxylic acids is 1. The van der Waals surface area contributed by atoms with Crippen LogP contribution < -0.4 is 5.32 Å². The van der Waals surface area contributed by atoms with Gasteiger partial charge in [-0.15, -0.1) is 0 Å². The molecule has 1 N–H and O–H groups in total. The molecule has 0 bridgehead atoms. The number of aryl methyl sites for hydroxylation is 1. The Labute approximate surface area is 131 Å². The Morgan fingerprint density at radius 3 is 2.62 bits per heavy atom. The maximum Gasteiger partial charge on any atom is 0.258 e. The van der Waals surface area contributed by atoms with E-state index < -0.39 is 0 Å². The normalized spacial score (nSPS) is 10.8. The molecule has 0 saturated heterocycles. The zero-order valence-electron chi connectivity index (χ0n) is 11.1. The molecule has 0 radical (unpaired) electrons. The highest BCUT2D eigenvalue weighted by molar-refractivity contribution is 6.38. The second-order valence-corrected chi connectivity index (χ2v) is 5.43. The first-order valence-corrected chi connectivity index (χ1v) is 6.98. The van der Waals surface area contributed by atoms with Gasteiger partial charge in [-0.2, -0.15) is 0 Å². The number of nitrogens with one attached hydrogen (secondary N) is 1. The third kappa shape index (κ3) is 2.60. The Kier molecular flexibility index (Phi) is 3.57. The number of nitrogens with zero attached hydrogens (tertiary/aromatic N) is 2. The third-order valence-corrected chi connectivity index (χ3v) is 3.83. The lowest BCUT2D eigenvalue weighted by Crippen LogP contribution is -2.13. The molecule has 1 amide bonds. The van der Waals surface area contributed by atoms with Crippen LogP contribution in [0.25, 0.3) is 11.0 Å². The van der Waals surface area contributed by atoms with Crippen molar-refractivity contribution in [2.45, 2.75) is 0 Å². The first-order chi connectivity index (χ1) is 10.1. The molecule has 2 aromatic heterocycles. The summed E-state index contributed by atoms with van der Waals surface area (Å²) in [5.74, 6) is -0.305. The summed E-state index contributed by atoms with van der Waals surface area (Å²) in [5.41, 5.74) is 1.72. The Balaban J connectivity index is 1.94. The van der Waals surface area contributed by atoms with E-state index >= 15 is 0 Å². The highest BCUT2D eigenvalue weighted by Gasteiger charge is 2.15. The highest BCUT2D eigenvalue weighted by Crippen LogP contribution is 2.26. The quantitative estimate of drug-likeness (QED) is 0.771. The average molecular weight is 320 g/mol. The Morgan fingerprint density at radius 1 is 1.19 bits per heavy atom. The van der Waals surface area contributed by atoms with Crippen molar-refractivity contribution in [2.75, 3.05) is 5.32 Å². The van der Waals surface area contributed by atoms with Gasteiger partial charge in [-0.1, -0.05) is 23.2 Å². The van der Waals surface area contributed by atoms with Crippen LogP contribution in [0.3, 0.4) is 0 Å². The van der Waals surface area contributed by atoms with E-state index in [2.05, 4.69) is 10.3 Å². The molecule has 1 aromatic carbocycles. The summed E-state index contributed by atoms with van der Waals surface area (Å²) in [6, 6.07) is 8.70. The van der Waals surface area contributed by atoms with Crippen LogP contribution in [0.5, 0.6) is 0 Å². The molecule has 0 unspecified atom stereocenters. The monoisotopic (exact) mass is 319 g/mol. The summed E-state index contributed by atoms with van der Waals surface area (Å²) >= 11 is 12.1. The highest BCUT2D eigenvalue weighted by atomic mass is 35.5. The lowest BCUT2D eigenvalue weighted by molar-refractivity contribution is 0.102. The minimum atomic E-state index is -0.305. The van der Waals surface area contributed by atoms with Gasteiger partial charge in [0.25, 0.3) is 5.91 Å². The number of anilines is 1. The SMILES string of the molecule is Cn1ccc2c(Cl)c(C(=O)Nc3ccc(Cl)cc3)cnc21. The van der Waals surface area contributed by atoms with Crippen LogP contribution in [-0.4, -0.2) is 15.5 Å². The number of rotatable bonds is 2. The molecule has 106 valence electrons. The van der Waals surface area contributed by atoms with E-state index in [0.717, 1.165) is 11.0 Å². The zero-order valence-corrected chi connectivity index (χ0v) is 12.6. The molecule has 3 aromatic rings. The number of aromatic nitrogens is 2. The lowest BCUT2D eigenvalue weighted by Gasteiger charge is -2.07. The van der Waals surface area contributed by atoms with Gasteiger partial charge in [0.1, 0.15) is 5.65 Å². The molecular weight excluding hydrogens is 309 g/mol. The molecule has 0 fully saturated rings. The Bertz CT molecular complexity index is 825. The molecule has 21 heavy (non-hydrogen) atoms. The van der Waals surface area contributed by atoms with Crippen molar-refractivity contribution in [3.63, 3.8) is 0 Å². The number of benzene rings is 1. The number of fused-ring (bicyclic) bond motifs is 1. The van der Waals surface area contributed by atoms with E-state index in [1.807, 2.05) is 23.9 Å². The van der Waals surface area contributed by atoms with Crippen LogP contribution in [0.4, 0.5) is 5.69 Å². The van der Waals surface area contributed by atoms with Gasteiger partial charge in [-0.05, 0) is 30.3 Å². The van der Waals surface area contributed by atoms with Crippen molar-refractivity contribution in [3.05, 3.63) is 58.3 Å². The number of pyridine rings is 1. The summed E-state index contributed by atoms with van der Waals surface area (Å²) in [5, 5.41) is 4.53. The number of amides is 1. The molecular formula is C15H11Cl2N3O. The lowest BCUT2D eigenvalue weighted by atomic mass is 10.2. The maximum absolute atomic E-state index is 12.3. The fourth-order valence-corrected chi connectivity index (χ4v) is 2.48. The van der Waals surface area contributed by atoms with Gasteiger partial charge >= 0.3 is 0 Å². The van der Waals surface area contributed by atoms with Crippen LogP contribution in [-0.2, 0) is 7.05 Å². The van der Waals surface area contributed by atoms with Gasteiger partial charge in [-0.25, -0.2) is 4.98 Å². The van der Waals surface area contributed by atoms with E-state index in [-0.39, 0.29) is 5.91 Å². The summed E-state index contributed by atoms with van der Waals surface area (Å²) in [6.07, 6.45) is 3.33. The molecule has 0 aliphatic heterocycles. The van der Waals surface area contributed by atoms with Crippen LogP contribution in [0, 0.1) is 0 Å². The molecule has 2 heterocycles. The molecule has 0 atom stereocenters. The minimum Gasteiger partial charge on any atom is -0.336 e.